The lowest BCUT2D eigenvalue weighted by Crippen LogP contribution is -2.40. The van der Waals surface area contributed by atoms with Crippen molar-refractivity contribution in [3.05, 3.63) is 35.8 Å². The van der Waals surface area contributed by atoms with Crippen molar-refractivity contribution in [2.24, 2.45) is 5.92 Å². The molecule has 1 atom stereocenters. The van der Waals surface area contributed by atoms with E-state index in [9.17, 15) is 23.1 Å². The van der Waals surface area contributed by atoms with Crippen molar-refractivity contribution in [3.63, 3.8) is 0 Å². The molecule has 1 fully saturated rings. The number of hydrogen-bond donors (Lipinski definition) is 4. The Balaban J connectivity index is 1.67. The molecule has 1 aliphatic carbocycles. The number of imidazole rings is 1. The average molecular weight is 506 g/mol. The molecule has 36 heavy (non-hydrogen) atoms. The molecule has 3 aromatic rings. The van der Waals surface area contributed by atoms with Gasteiger partial charge in [-0.25, -0.2) is 23.1 Å². The van der Waals surface area contributed by atoms with Gasteiger partial charge in [0.1, 0.15) is 17.0 Å². The second-order valence-corrected chi connectivity index (χ2v) is 9.47. The fourth-order valence-corrected chi connectivity index (χ4v) is 4.43. The fourth-order valence-electron chi connectivity index (χ4n) is 4.43. The minimum Gasteiger partial charge on any atom is -0.394 e. The van der Waals surface area contributed by atoms with Gasteiger partial charge in [0.2, 0.25) is 17.8 Å². The summed E-state index contributed by atoms with van der Waals surface area (Å²) in [6.45, 7) is 5.49. The number of fused-ring (bicyclic) bond motifs is 1. The van der Waals surface area contributed by atoms with Crippen LogP contribution in [0.15, 0.2) is 18.3 Å². The number of nitrogens with zero attached hydrogens (tertiary/aromatic N) is 4. The monoisotopic (exact) mass is 505 g/mol. The van der Waals surface area contributed by atoms with Gasteiger partial charge in [-0.1, -0.05) is 0 Å². The zero-order chi connectivity index (χ0) is 26.0. The third kappa shape index (κ3) is 5.53. The average Bonchev–Trinajstić information content (AvgIpc) is 3.18. The number of aliphatic hydroxyl groups excluding tert-OH is 1. The SMILES string of the molecule is CC(C)Nc1ncc2nc(Nc3c(F)cc(F)cc3F)n(C3CCC(C(=O)N[C@H](C)CO)CC3)c2n1. The molecular formula is C24H30F3N7O2. The van der Waals surface area contributed by atoms with Gasteiger partial charge in [0.15, 0.2) is 17.3 Å². The quantitative estimate of drug-likeness (QED) is 0.365. The van der Waals surface area contributed by atoms with E-state index in [4.69, 9.17) is 0 Å². The third-order valence-corrected chi connectivity index (χ3v) is 6.19. The molecule has 0 aliphatic heterocycles. The standard InChI is InChI=1S/C24H30F3N7O2/c1-12(2)29-23-28-10-19-21(33-23)34(16-6-4-14(5-7-16)22(36)30-13(3)11-35)24(31-19)32-20-17(26)8-15(25)9-18(20)27/h8-10,12-14,16,35H,4-7,11H2,1-3H3,(H,30,36)(H,31,32)(H,28,29,33)/t13-,14?,16?/m1/s1. The van der Waals surface area contributed by atoms with E-state index in [1.807, 2.05) is 13.8 Å². The van der Waals surface area contributed by atoms with E-state index in [0.29, 0.717) is 54.9 Å². The largest absolute Gasteiger partial charge is 0.394 e. The van der Waals surface area contributed by atoms with Crippen LogP contribution >= 0.6 is 0 Å². The lowest BCUT2D eigenvalue weighted by Gasteiger charge is -2.30. The molecule has 0 saturated heterocycles. The summed E-state index contributed by atoms with van der Waals surface area (Å²) in [5, 5.41) is 17.8. The first-order valence-corrected chi connectivity index (χ1v) is 12.0. The van der Waals surface area contributed by atoms with E-state index in [1.165, 1.54) is 6.20 Å². The van der Waals surface area contributed by atoms with E-state index >= 15 is 0 Å². The molecule has 4 N–H and O–H groups in total. The second-order valence-electron chi connectivity index (χ2n) is 9.47. The molecule has 0 unspecified atom stereocenters. The van der Waals surface area contributed by atoms with Crippen molar-refractivity contribution >= 4 is 34.7 Å². The first kappa shape index (κ1) is 25.7. The third-order valence-electron chi connectivity index (χ3n) is 6.19. The number of carbonyl (C=O) groups excluding carboxylic acids is 1. The predicted molar refractivity (Wildman–Crippen MR) is 129 cm³/mol. The van der Waals surface area contributed by atoms with E-state index in [2.05, 4.69) is 30.9 Å². The van der Waals surface area contributed by atoms with Gasteiger partial charge in [-0.05, 0) is 46.5 Å². The Kier molecular flexibility index (Phi) is 7.62. The van der Waals surface area contributed by atoms with Crippen LogP contribution in [0.25, 0.3) is 11.2 Å². The van der Waals surface area contributed by atoms with Crippen LogP contribution in [0.4, 0.5) is 30.8 Å². The van der Waals surface area contributed by atoms with Crippen molar-refractivity contribution in [1.82, 2.24) is 24.8 Å². The molecule has 194 valence electrons. The number of rotatable bonds is 8. The molecule has 1 amide bonds. The zero-order valence-corrected chi connectivity index (χ0v) is 20.4. The lowest BCUT2D eigenvalue weighted by molar-refractivity contribution is -0.127. The van der Waals surface area contributed by atoms with Crippen molar-refractivity contribution < 1.29 is 23.1 Å². The Hall–Kier alpha value is -3.41. The summed E-state index contributed by atoms with van der Waals surface area (Å²) >= 11 is 0. The number of aliphatic hydroxyl groups is 1. The van der Waals surface area contributed by atoms with Crippen LogP contribution in [0.1, 0.15) is 52.5 Å². The molecule has 2 heterocycles. The number of amides is 1. The van der Waals surface area contributed by atoms with E-state index in [0.717, 1.165) is 0 Å². The highest BCUT2D eigenvalue weighted by Crippen LogP contribution is 2.37. The van der Waals surface area contributed by atoms with Crippen LogP contribution in [-0.4, -0.2) is 49.2 Å². The molecule has 0 radical (unpaired) electrons. The summed E-state index contributed by atoms with van der Waals surface area (Å²) < 4.78 is 44.1. The summed E-state index contributed by atoms with van der Waals surface area (Å²) in [5.74, 6) is -2.98. The first-order valence-electron chi connectivity index (χ1n) is 12.0. The Morgan fingerprint density at radius 3 is 2.39 bits per heavy atom. The number of carbonyl (C=O) groups is 1. The van der Waals surface area contributed by atoms with Crippen LogP contribution in [0.3, 0.4) is 0 Å². The van der Waals surface area contributed by atoms with Crippen molar-refractivity contribution in [2.75, 3.05) is 17.2 Å². The summed E-state index contributed by atoms with van der Waals surface area (Å²) in [5.41, 5.74) is 0.374. The predicted octanol–water partition coefficient (Wildman–Crippen LogP) is 4.04. The number of benzene rings is 1. The summed E-state index contributed by atoms with van der Waals surface area (Å²) in [6.07, 6.45) is 3.88. The molecule has 1 saturated carbocycles. The van der Waals surface area contributed by atoms with Crippen molar-refractivity contribution in [2.45, 2.75) is 64.6 Å². The number of aromatic nitrogens is 4. The van der Waals surface area contributed by atoms with E-state index in [-0.39, 0.29) is 42.5 Å². The molecule has 1 aliphatic rings. The van der Waals surface area contributed by atoms with Crippen LogP contribution in [0, 0.1) is 23.4 Å². The van der Waals surface area contributed by atoms with Gasteiger partial charge in [0, 0.05) is 36.2 Å². The van der Waals surface area contributed by atoms with E-state index in [1.54, 1.807) is 11.5 Å². The highest BCUT2D eigenvalue weighted by molar-refractivity contribution is 5.79. The minimum absolute atomic E-state index is 0.0779. The Bertz CT molecular complexity index is 1220. The molecule has 9 nitrogen and oxygen atoms in total. The normalized spacial score (nSPS) is 18.9. The van der Waals surface area contributed by atoms with Gasteiger partial charge in [-0.3, -0.25) is 9.36 Å². The van der Waals surface area contributed by atoms with Gasteiger partial charge < -0.3 is 21.1 Å². The number of nitrogens with one attached hydrogen (secondary N) is 3. The van der Waals surface area contributed by atoms with Crippen molar-refractivity contribution in [3.8, 4) is 0 Å². The molecule has 12 heteroatoms. The minimum atomic E-state index is -1.09. The maximum absolute atomic E-state index is 14.4. The van der Waals surface area contributed by atoms with Crippen molar-refractivity contribution in [1.29, 1.82) is 0 Å². The highest BCUT2D eigenvalue weighted by atomic mass is 19.1. The molecule has 0 bridgehead atoms. The van der Waals surface area contributed by atoms with Crippen LogP contribution in [0.5, 0.6) is 0 Å². The zero-order valence-electron chi connectivity index (χ0n) is 20.4. The number of halogens is 3. The molecule has 1 aromatic carbocycles. The van der Waals surface area contributed by atoms with Gasteiger partial charge >= 0.3 is 0 Å². The number of anilines is 3. The lowest BCUT2D eigenvalue weighted by atomic mass is 9.85. The maximum atomic E-state index is 14.4. The summed E-state index contributed by atoms with van der Waals surface area (Å²) in [7, 11) is 0. The smallest absolute Gasteiger partial charge is 0.224 e. The Morgan fingerprint density at radius 1 is 1.11 bits per heavy atom. The Labute approximate surface area is 206 Å². The molecule has 2 aromatic heterocycles. The van der Waals surface area contributed by atoms with Crippen LogP contribution in [0.2, 0.25) is 0 Å². The van der Waals surface area contributed by atoms with Gasteiger partial charge in [-0.2, -0.15) is 4.98 Å². The maximum Gasteiger partial charge on any atom is 0.224 e. The van der Waals surface area contributed by atoms with Gasteiger partial charge in [0.05, 0.1) is 12.8 Å². The van der Waals surface area contributed by atoms with Gasteiger partial charge in [-0.15, -0.1) is 0 Å². The molecule has 0 spiro atoms. The number of hydrogen-bond acceptors (Lipinski definition) is 7. The Morgan fingerprint density at radius 2 is 1.78 bits per heavy atom. The summed E-state index contributed by atoms with van der Waals surface area (Å²) in [4.78, 5) is 25.9. The molecular weight excluding hydrogens is 475 g/mol. The summed E-state index contributed by atoms with van der Waals surface area (Å²) in [6, 6.07) is 0.784. The second kappa shape index (κ2) is 10.7. The fraction of sp³-hybridized carbons (Fsp3) is 0.500. The molecule has 4 rings (SSSR count). The first-order chi connectivity index (χ1) is 17.2. The topological polar surface area (TPSA) is 117 Å². The highest BCUT2D eigenvalue weighted by Gasteiger charge is 2.31. The van der Waals surface area contributed by atoms with Crippen LogP contribution < -0.4 is 16.0 Å². The van der Waals surface area contributed by atoms with Gasteiger partial charge in [0.25, 0.3) is 0 Å². The van der Waals surface area contributed by atoms with Crippen LogP contribution in [-0.2, 0) is 4.79 Å². The van der Waals surface area contributed by atoms with E-state index < -0.39 is 23.1 Å².